The van der Waals surface area contributed by atoms with Crippen molar-refractivity contribution in [3.8, 4) is 0 Å². The molecule has 3 aliphatic rings. The van der Waals surface area contributed by atoms with Gasteiger partial charge in [0.2, 0.25) is 0 Å². The normalized spacial score (nSPS) is 24.0. The summed E-state index contributed by atoms with van der Waals surface area (Å²) in [6.45, 7) is 2.13. The standard InChI is InChI=1S/C26H24F3NO2/c1-15-10-19-18-5-3-2-4-17(18)13-20(19)25(30(15)14-26(29)8-9-26)24-21(27)11-16(12-22(24)28)6-7-23(31)32/h2-7,11-12,15,25H,8-10,13-14H2,1H3,(H,31,32)/b7-6+/t15-,25+/m1/s1. The second-order valence-corrected chi connectivity index (χ2v) is 9.19. The van der Waals surface area contributed by atoms with Crippen molar-refractivity contribution in [2.75, 3.05) is 6.54 Å². The van der Waals surface area contributed by atoms with Gasteiger partial charge in [0.25, 0.3) is 0 Å². The Morgan fingerprint density at radius 3 is 2.56 bits per heavy atom. The molecular formula is C26H24F3NO2. The first-order valence-electron chi connectivity index (χ1n) is 10.9. The molecule has 0 bridgehead atoms. The van der Waals surface area contributed by atoms with Crippen LogP contribution in [0.4, 0.5) is 13.2 Å². The number of hydrogen-bond donors (Lipinski definition) is 1. The van der Waals surface area contributed by atoms with Gasteiger partial charge in [0.1, 0.15) is 17.3 Å². The first-order chi connectivity index (χ1) is 15.3. The number of carboxylic acid groups (broad SMARTS) is 1. The van der Waals surface area contributed by atoms with Crippen LogP contribution in [0.1, 0.15) is 54.5 Å². The maximum Gasteiger partial charge on any atom is 0.328 e. The lowest BCUT2D eigenvalue weighted by Crippen LogP contribution is -2.45. The fourth-order valence-electron chi connectivity index (χ4n) is 5.16. The van der Waals surface area contributed by atoms with Crippen molar-refractivity contribution in [3.63, 3.8) is 0 Å². The maximum atomic E-state index is 15.4. The van der Waals surface area contributed by atoms with Gasteiger partial charge in [-0.25, -0.2) is 18.0 Å². The van der Waals surface area contributed by atoms with Crippen LogP contribution in [0.15, 0.2) is 48.0 Å². The Morgan fingerprint density at radius 1 is 1.22 bits per heavy atom. The molecule has 0 radical (unpaired) electrons. The van der Waals surface area contributed by atoms with Crippen LogP contribution in [0.5, 0.6) is 0 Å². The summed E-state index contributed by atoms with van der Waals surface area (Å²) in [6.07, 6.45) is 4.24. The van der Waals surface area contributed by atoms with Crippen molar-refractivity contribution in [1.82, 2.24) is 4.90 Å². The highest BCUT2D eigenvalue weighted by Crippen LogP contribution is 2.52. The zero-order valence-corrected chi connectivity index (χ0v) is 17.7. The Hall–Kier alpha value is -2.86. The number of aliphatic carboxylic acids is 1. The minimum absolute atomic E-state index is 0.0801. The van der Waals surface area contributed by atoms with Gasteiger partial charge in [-0.05, 0) is 78.7 Å². The van der Waals surface area contributed by atoms with E-state index in [-0.39, 0.29) is 23.7 Å². The van der Waals surface area contributed by atoms with Crippen LogP contribution in [-0.4, -0.2) is 34.2 Å². The van der Waals surface area contributed by atoms with E-state index in [1.54, 1.807) is 0 Å². The Balaban J connectivity index is 1.63. The van der Waals surface area contributed by atoms with Gasteiger partial charge in [-0.15, -0.1) is 0 Å². The molecule has 0 aromatic heterocycles. The fourth-order valence-corrected chi connectivity index (χ4v) is 5.16. The minimum Gasteiger partial charge on any atom is -0.478 e. The molecule has 2 aromatic carbocycles. The number of fused-ring (bicyclic) bond motifs is 2. The van der Waals surface area contributed by atoms with Crippen LogP contribution in [-0.2, 0) is 11.2 Å². The van der Waals surface area contributed by atoms with E-state index < -0.39 is 29.3 Å². The third kappa shape index (κ3) is 3.66. The molecule has 0 spiro atoms. The number of nitrogens with zero attached hydrogens (tertiary/aromatic N) is 1. The third-order valence-electron chi connectivity index (χ3n) is 6.89. The van der Waals surface area contributed by atoms with Crippen LogP contribution in [0, 0.1) is 11.6 Å². The number of alkyl halides is 1. The number of rotatable bonds is 5. The summed E-state index contributed by atoms with van der Waals surface area (Å²) in [5.74, 6) is -2.69. The summed E-state index contributed by atoms with van der Waals surface area (Å²) in [5, 5.41) is 8.82. The number of benzene rings is 2. The topological polar surface area (TPSA) is 40.5 Å². The van der Waals surface area contributed by atoms with Crippen molar-refractivity contribution in [2.45, 2.75) is 50.4 Å². The predicted octanol–water partition coefficient (Wildman–Crippen LogP) is 5.71. The third-order valence-corrected chi connectivity index (χ3v) is 6.89. The zero-order valence-electron chi connectivity index (χ0n) is 17.7. The SMILES string of the molecule is C[C@@H]1CC2=C(Cc3ccccc32)[C@@H](c2c(F)cc(/C=C/C(=O)O)cc2F)N1CC1(F)CC1. The van der Waals surface area contributed by atoms with Gasteiger partial charge < -0.3 is 5.11 Å². The molecule has 2 atom stereocenters. The molecule has 0 amide bonds. The summed E-state index contributed by atoms with van der Waals surface area (Å²) < 4.78 is 45.7. The summed E-state index contributed by atoms with van der Waals surface area (Å²) in [7, 11) is 0. The van der Waals surface area contributed by atoms with Crippen molar-refractivity contribution in [1.29, 1.82) is 0 Å². The van der Waals surface area contributed by atoms with Crippen LogP contribution in [0.2, 0.25) is 0 Å². The zero-order chi connectivity index (χ0) is 22.6. The van der Waals surface area contributed by atoms with Crippen molar-refractivity contribution in [2.24, 2.45) is 0 Å². The van der Waals surface area contributed by atoms with Crippen LogP contribution in [0.3, 0.4) is 0 Å². The maximum absolute atomic E-state index is 15.4. The molecule has 0 unspecified atom stereocenters. The van der Waals surface area contributed by atoms with E-state index in [1.165, 1.54) is 0 Å². The van der Waals surface area contributed by atoms with Gasteiger partial charge in [-0.1, -0.05) is 24.3 Å². The van der Waals surface area contributed by atoms with Crippen LogP contribution < -0.4 is 0 Å². The summed E-state index contributed by atoms with van der Waals surface area (Å²) in [4.78, 5) is 12.7. The Kier molecular flexibility index (Phi) is 5.01. The van der Waals surface area contributed by atoms with Crippen LogP contribution >= 0.6 is 0 Å². The first kappa shape index (κ1) is 21.0. The van der Waals surface area contributed by atoms with E-state index in [4.69, 9.17) is 5.11 Å². The lowest BCUT2D eigenvalue weighted by atomic mass is 9.84. The molecule has 1 aliphatic heterocycles. The molecule has 1 saturated carbocycles. The van der Waals surface area contributed by atoms with Gasteiger partial charge in [-0.2, -0.15) is 0 Å². The number of hydrogen-bond acceptors (Lipinski definition) is 2. The molecule has 166 valence electrons. The summed E-state index contributed by atoms with van der Waals surface area (Å²) >= 11 is 0. The molecule has 6 heteroatoms. The Bertz CT molecular complexity index is 1140. The fraction of sp³-hybridized carbons (Fsp3) is 0.346. The lowest BCUT2D eigenvalue weighted by Gasteiger charge is -2.43. The molecule has 3 nitrogen and oxygen atoms in total. The van der Waals surface area contributed by atoms with Gasteiger partial charge in [0, 0.05) is 24.2 Å². The van der Waals surface area contributed by atoms with E-state index in [0.29, 0.717) is 25.7 Å². The lowest BCUT2D eigenvalue weighted by molar-refractivity contribution is -0.131. The number of halogens is 3. The van der Waals surface area contributed by atoms with E-state index >= 15 is 8.78 Å². The average Bonchev–Trinajstić information content (AvgIpc) is 3.35. The minimum atomic E-state index is -1.30. The van der Waals surface area contributed by atoms with Gasteiger partial charge >= 0.3 is 5.97 Å². The highest BCUT2D eigenvalue weighted by atomic mass is 19.1. The Morgan fingerprint density at radius 2 is 1.91 bits per heavy atom. The molecule has 5 rings (SSSR count). The van der Waals surface area contributed by atoms with E-state index in [1.807, 2.05) is 36.1 Å². The molecule has 2 aromatic rings. The summed E-state index contributed by atoms with van der Waals surface area (Å²) in [6, 6.07) is 9.52. The first-order valence-corrected chi connectivity index (χ1v) is 10.9. The predicted molar refractivity (Wildman–Crippen MR) is 117 cm³/mol. The number of carbonyl (C=O) groups is 1. The molecule has 1 heterocycles. The highest BCUT2D eigenvalue weighted by molar-refractivity contribution is 5.85. The summed E-state index contributed by atoms with van der Waals surface area (Å²) in [5.41, 5.74) is 3.02. The second kappa shape index (κ2) is 7.62. The van der Waals surface area contributed by atoms with Crippen LogP contribution in [0.25, 0.3) is 11.6 Å². The van der Waals surface area contributed by atoms with Crippen molar-refractivity contribution < 1.29 is 23.1 Å². The monoisotopic (exact) mass is 439 g/mol. The molecule has 0 saturated heterocycles. The van der Waals surface area contributed by atoms with E-state index in [9.17, 15) is 9.18 Å². The van der Waals surface area contributed by atoms with E-state index in [2.05, 4.69) is 0 Å². The largest absolute Gasteiger partial charge is 0.478 e. The van der Waals surface area contributed by atoms with Gasteiger partial charge in [0.15, 0.2) is 0 Å². The average molecular weight is 439 g/mol. The van der Waals surface area contributed by atoms with Crippen molar-refractivity contribution >= 4 is 17.6 Å². The van der Waals surface area contributed by atoms with Gasteiger partial charge in [0.05, 0.1) is 6.04 Å². The number of carboxylic acids is 1. The molecule has 2 aliphatic carbocycles. The highest BCUT2D eigenvalue weighted by Gasteiger charge is 2.49. The molecule has 32 heavy (non-hydrogen) atoms. The van der Waals surface area contributed by atoms with E-state index in [0.717, 1.165) is 46.6 Å². The Labute approximate surface area is 184 Å². The molecular weight excluding hydrogens is 415 g/mol. The molecule has 1 N–H and O–H groups in total. The second-order valence-electron chi connectivity index (χ2n) is 9.19. The quantitative estimate of drug-likeness (QED) is 0.607. The molecule has 1 fully saturated rings. The van der Waals surface area contributed by atoms with Gasteiger partial charge in [-0.3, -0.25) is 4.90 Å². The van der Waals surface area contributed by atoms with Crippen molar-refractivity contribution in [3.05, 3.63) is 81.9 Å². The smallest absolute Gasteiger partial charge is 0.328 e.